The van der Waals surface area contributed by atoms with Crippen LogP contribution in [0.2, 0.25) is 0 Å². The Morgan fingerprint density at radius 1 is 0.778 bits per heavy atom. The van der Waals surface area contributed by atoms with Crippen LogP contribution in [-0.4, -0.2) is 167 Å². The first-order valence-corrected chi connectivity index (χ1v) is 31.0. The van der Waals surface area contributed by atoms with E-state index in [0.29, 0.717) is 41.9 Å². The number of likely N-dealkylation sites (N-methyl/N-ethyl adjacent to an activating group) is 1. The summed E-state index contributed by atoms with van der Waals surface area (Å²) in [6.45, 7) is 6.69. The van der Waals surface area contributed by atoms with Gasteiger partial charge in [0.25, 0.3) is 5.91 Å². The Labute approximate surface area is 528 Å². The lowest BCUT2D eigenvalue weighted by Gasteiger charge is -2.33. The van der Waals surface area contributed by atoms with Crippen molar-refractivity contribution in [3.05, 3.63) is 161 Å². The highest BCUT2D eigenvalue weighted by molar-refractivity contribution is 6.19. The van der Waals surface area contributed by atoms with Crippen molar-refractivity contribution in [3.63, 3.8) is 0 Å². The number of fused-ring (bicyclic) bond motifs is 7. The van der Waals surface area contributed by atoms with Gasteiger partial charge in [0.2, 0.25) is 11.8 Å². The average molecular weight is 1250 g/mol. The number of hydrogen-bond acceptors (Lipinski definition) is 14. The number of carbonyl (C=O) groups excluding carboxylic acids is 7. The minimum Gasteiger partial charge on any atom is -0.493 e. The van der Waals surface area contributed by atoms with Crippen LogP contribution in [-0.2, 0) is 39.9 Å². The van der Waals surface area contributed by atoms with Crippen LogP contribution in [0.4, 0.5) is 30.6 Å². The normalized spacial score (nSPS) is 17.9. The van der Waals surface area contributed by atoms with E-state index in [2.05, 4.69) is 38.7 Å². The molecule has 3 heterocycles. The van der Waals surface area contributed by atoms with E-state index >= 15 is 0 Å². The van der Waals surface area contributed by atoms with Crippen LogP contribution in [0.3, 0.4) is 0 Å². The highest BCUT2D eigenvalue weighted by Crippen LogP contribution is 2.47. The third-order valence-corrected chi connectivity index (χ3v) is 17.0. The van der Waals surface area contributed by atoms with E-state index in [4.69, 9.17) is 41.0 Å². The van der Waals surface area contributed by atoms with Crippen molar-refractivity contribution in [3.8, 4) is 16.9 Å². The maximum absolute atomic E-state index is 14.4. The van der Waals surface area contributed by atoms with Crippen LogP contribution in [0.15, 0.2) is 139 Å². The van der Waals surface area contributed by atoms with E-state index in [1.807, 2.05) is 118 Å². The van der Waals surface area contributed by atoms with Gasteiger partial charge in [-0.15, -0.1) is 11.6 Å². The maximum Gasteiger partial charge on any atom is 0.415 e. The highest BCUT2D eigenvalue weighted by Gasteiger charge is 2.41. The minimum atomic E-state index is -1.01. The lowest BCUT2D eigenvalue weighted by atomic mass is 9.95. The Hall–Kier alpha value is -9.12. The van der Waals surface area contributed by atoms with Crippen molar-refractivity contribution in [1.29, 1.82) is 0 Å². The Morgan fingerprint density at radius 3 is 2.13 bits per heavy atom. The fourth-order valence-corrected chi connectivity index (χ4v) is 12.1. The fraction of sp³-hybridized carbons (Fsp3) is 0.388. The number of hydrogen-bond donors (Lipinski definition) is 6. The van der Waals surface area contributed by atoms with E-state index in [0.717, 1.165) is 45.5 Å². The Bertz CT molecular complexity index is 3520. The van der Waals surface area contributed by atoms with Gasteiger partial charge in [0.1, 0.15) is 43.5 Å². The molecule has 1 saturated heterocycles. The van der Waals surface area contributed by atoms with Crippen molar-refractivity contribution in [2.45, 2.75) is 63.3 Å². The van der Waals surface area contributed by atoms with E-state index in [-0.39, 0.29) is 119 Å². The molecule has 22 nitrogen and oxygen atoms in total. The molecular formula is C67H77ClN10O12. The number of nitrogens with zero attached hydrogens (tertiary/aromatic N) is 4. The molecule has 2 unspecified atom stereocenters. The molecule has 23 heteroatoms. The predicted octanol–water partition coefficient (Wildman–Crippen LogP) is 7.92. The number of primary amides is 1. The van der Waals surface area contributed by atoms with Crippen LogP contribution >= 0.6 is 11.6 Å². The lowest BCUT2D eigenvalue weighted by molar-refractivity contribution is -0.128. The SMILES string of the molecule is CC(C)[C@H](NCCNC(=O)OCC1c2ccccc2-c2ccccc21)C(=O)N[C@@H](CCCNC(N)=O)C(=O)Nc1ccc(COC(=O)N2CCN(C(=O)Oc3cc4c(c5ccccc35)[C@H](CCl)CN4C(=O)C3=CC4C=C(OCCN(C)C)C=CC4O3)CC2)cc1. The number of nitrogens with two attached hydrogens (primary N) is 1. The fourth-order valence-electron chi connectivity index (χ4n) is 11.9. The summed E-state index contributed by atoms with van der Waals surface area (Å²) in [6, 6.07) is 29.7. The third-order valence-electron chi connectivity index (χ3n) is 16.6. The number of urea groups is 1. The second-order valence-corrected chi connectivity index (χ2v) is 23.7. The second kappa shape index (κ2) is 29.5. The van der Waals surface area contributed by atoms with E-state index < -0.39 is 48.2 Å². The van der Waals surface area contributed by atoms with Crippen LogP contribution in [0.1, 0.15) is 60.8 Å². The van der Waals surface area contributed by atoms with Gasteiger partial charge >= 0.3 is 24.3 Å². The van der Waals surface area contributed by atoms with Crippen molar-refractivity contribution < 1.29 is 57.2 Å². The second-order valence-electron chi connectivity index (χ2n) is 23.4. The molecular weight excluding hydrogens is 1170 g/mol. The number of halogens is 1. The molecule has 90 heavy (non-hydrogen) atoms. The molecule has 5 aromatic carbocycles. The van der Waals surface area contributed by atoms with Crippen LogP contribution in [0.25, 0.3) is 21.9 Å². The molecule has 0 radical (unpaired) electrons. The van der Waals surface area contributed by atoms with Gasteiger partial charge in [0.05, 0.1) is 11.7 Å². The molecule has 5 atom stereocenters. The molecule has 5 aromatic rings. The van der Waals surface area contributed by atoms with Gasteiger partial charge in [-0.2, -0.15) is 0 Å². The summed E-state index contributed by atoms with van der Waals surface area (Å²) in [6.07, 6.45) is 5.93. The first-order chi connectivity index (χ1) is 43.5. The number of alkyl carbamates (subject to hydrolysis) is 1. The molecule has 10 rings (SSSR count). The summed E-state index contributed by atoms with van der Waals surface area (Å²) < 4.78 is 29.6. The minimum absolute atomic E-state index is 0.0764. The van der Waals surface area contributed by atoms with Gasteiger partial charge in [0.15, 0.2) is 5.76 Å². The van der Waals surface area contributed by atoms with E-state index in [1.165, 1.54) is 9.80 Å². The summed E-state index contributed by atoms with van der Waals surface area (Å²) in [7, 11) is 3.96. The Morgan fingerprint density at radius 2 is 1.46 bits per heavy atom. The average Bonchev–Trinajstić information content (AvgIpc) is 1.82. The van der Waals surface area contributed by atoms with Crippen LogP contribution in [0.5, 0.6) is 5.75 Å². The third kappa shape index (κ3) is 15.3. The highest BCUT2D eigenvalue weighted by atomic mass is 35.5. The molecule has 5 aliphatic rings. The number of amides is 8. The van der Waals surface area contributed by atoms with Crippen molar-refractivity contribution in [1.82, 2.24) is 36.0 Å². The van der Waals surface area contributed by atoms with Gasteiger partial charge in [-0.05, 0) is 108 Å². The quantitative estimate of drug-likeness (QED) is 0.0253. The van der Waals surface area contributed by atoms with Gasteiger partial charge in [-0.1, -0.05) is 98.8 Å². The summed E-state index contributed by atoms with van der Waals surface area (Å²) in [5.74, 6) is -0.454. The van der Waals surface area contributed by atoms with Gasteiger partial charge in [-0.25, -0.2) is 19.2 Å². The summed E-state index contributed by atoms with van der Waals surface area (Å²) >= 11 is 6.58. The first kappa shape index (κ1) is 63.9. The summed E-state index contributed by atoms with van der Waals surface area (Å²) in [5, 5.41) is 15.7. The molecule has 3 aliphatic heterocycles. The maximum atomic E-state index is 14.4. The van der Waals surface area contributed by atoms with Crippen molar-refractivity contribution in [2.24, 2.45) is 17.6 Å². The van der Waals surface area contributed by atoms with E-state index in [1.54, 1.807) is 35.2 Å². The molecule has 1 fully saturated rings. The summed E-state index contributed by atoms with van der Waals surface area (Å²) in [5.41, 5.74) is 12.3. The number of piperazine rings is 1. The van der Waals surface area contributed by atoms with Gasteiger partial charge < -0.3 is 75.6 Å². The van der Waals surface area contributed by atoms with Crippen molar-refractivity contribution >= 4 is 75.8 Å². The molecule has 0 bridgehead atoms. The lowest BCUT2D eigenvalue weighted by Crippen LogP contribution is -2.54. The zero-order valence-electron chi connectivity index (χ0n) is 50.9. The van der Waals surface area contributed by atoms with E-state index in [9.17, 15) is 33.6 Å². The number of allylic oxidation sites excluding steroid dienone is 1. The van der Waals surface area contributed by atoms with Crippen LogP contribution in [0, 0.1) is 11.8 Å². The molecule has 2 aliphatic carbocycles. The number of ether oxygens (including phenoxy) is 5. The van der Waals surface area contributed by atoms with Crippen LogP contribution < -0.4 is 42.0 Å². The van der Waals surface area contributed by atoms with Gasteiger partial charge in [0, 0.05) is 99.7 Å². The number of benzene rings is 5. The zero-order valence-corrected chi connectivity index (χ0v) is 51.7. The summed E-state index contributed by atoms with van der Waals surface area (Å²) in [4.78, 5) is 100. The zero-order chi connectivity index (χ0) is 63.4. The molecule has 7 N–H and O–H groups in total. The molecule has 0 spiro atoms. The van der Waals surface area contributed by atoms with Gasteiger partial charge in [-0.3, -0.25) is 14.4 Å². The standard InChI is InChI=1S/C67H77ClN10O12/c1-41(2)60(70-26-27-72-65(83)87-40-53-49-14-7-5-12-47(49)48-13-6-8-15-50(48)53)62(80)74-54(18-11-25-71-64(69)82)61(79)73-45-21-19-42(20-22-45)39-88-66(84)76-28-30-77(31-29-76)67(85)90-57-36-55-59(52-17-10-9-16-51(52)57)44(37-68)38-78(55)63(81)58-35-43-34-46(23-24-56(43)89-58)86-33-32-75(3)4/h5-10,12-17,19-24,34-36,41,43-44,53-54,56,60,70H,11,18,25-33,37-40H2,1-4H3,(H,72,83)(H,73,79)(H,74,80)(H3,69,71,82)/t43?,44-,54+,56?,60+/m1/s1. The number of alkyl halides is 1. The predicted molar refractivity (Wildman–Crippen MR) is 341 cm³/mol. The Balaban J connectivity index is 0.683. The number of nitrogens with one attached hydrogen (secondary N) is 5. The van der Waals surface area contributed by atoms with Crippen molar-refractivity contribution in [2.75, 3.05) is 102 Å². The molecule has 474 valence electrons. The topological polar surface area (TPSA) is 265 Å². The first-order valence-electron chi connectivity index (χ1n) is 30.5. The largest absolute Gasteiger partial charge is 0.493 e. The molecule has 8 amide bonds. The number of carbonyl (C=O) groups is 7. The molecule has 0 aromatic heterocycles. The monoisotopic (exact) mass is 1250 g/mol. The molecule has 0 saturated carbocycles. The number of anilines is 2. The smallest absolute Gasteiger partial charge is 0.415 e. The Kier molecular flexibility index (Phi) is 20.9. The number of rotatable bonds is 24.